The molecule has 9 heteroatoms. The Hall–Kier alpha value is -3.28. The van der Waals surface area contributed by atoms with E-state index < -0.39 is 0 Å². The van der Waals surface area contributed by atoms with Gasteiger partial charge in [0.1, 0.15) is 28.9 Å². The number of hydrogen-bond acceptors (Lipinski definition) is 7. The molecule has 0 aliphatic carbocycles. The third kappa shape index (κ3) is 2.56. The number of nitrogens with two attached hydrogens (primary N) is 1. The van der Waals surface area contributed by atoms with Crippen LogP contribution in [0.5, 0.6) is 0 Å². The Bertz CT molecular complexity index is 1070. The van der Waals surface area contributed by atoms with Gasteiger partial charge in [-0.1, -0.05) is 0 Å². The first-order chi connectivity index (χ1) is 12.9. The smallest absolute Gasteiger partial charge is 0.231 e. The van der Waals surface area contributed by atoms with Crippen molar-refractivity contribution in [3.63, 3.8) is 0 Å². The zero-order valence-corrected chi connectivity index (χ0v) is 16.0. The van der Waals surface area contributed by atoms with Gasteiger partial charge in [0.25, 0.3) is 0 Å². The van der Waals surface area contributed by atoms with Crippen LogP contribution in [0.25, 0.3) is 11.0 Å². The van der Waals surface area contributed by atoms with Gasteiger partial charge in [0.15, 0.2) is 0 Å². The fraction of sp³-hybridized carbons (Fsp3) is 0.444. The molecule has 1 aliphatic rings. The van der Waals surface area contributed by atoms with Gasteiger partial charge in [0.2, 0.25) is 5.95 Å². The first kappa shape index (κ1) is 17.1. The number of anilines is 4. The summed E-state index contributed by atoms with van der Waals surface area (Å²) >= 11 is 0. The minimum absolute atomic E-state index is 0.300. The molecular formula is C18H23N9. The molecule has 0 radical (unpaired) electrons. The third-order valence-corrected chi connectivity index (χ3v) is 5.45. The summed E-state index contributed by atoms with van der Waals surface area (Å²) in [6, 6.07) is 2.70. The van der Waals surface area contributed by atoms with Crippen molar-refractivity contribution in [3.05, 3.63) is 17.5 Å². The predicted molar refractivity (Wildman–Crippen MR) is 105 cm³/mol. The second-order valence-corrected chi connectivity index (χ2v) is 7.08. The topological polar surface area (TPSA) is 114 Å². The Balaban J connectivity index is 1.86. The molecule has 0 saturated carbocycles. The van der Waals surface area contributed by atoms with Gasteiger partial charge in [0.05, 0.1) is 23.0 Å². The number of rotatable bonds is 3. The van der Waals surface area contributed by atoms with E-state index in [0.29, 0.717) is 34.4 Å². The molecule has 0 unspecified atom stereocenters. The van der Waals surface area contributed by atoms with Gasteiger partial charge in [-0.25, -0.2) is 0 Å². The summed E-state index contributed by atoms with van der Waals surface area (Å²) in [6.07, 6.45) is 3.95. The van der Waals surface area contributed by atoms with Crippen LogP contribution in [-0.2, 0) is 14.1 Å². The summed E-state index contributed by atoms with van der Waals surface area (Å²) in [5, 5.41) is 17.8. The van der Waals surface area contributed by atoms with E-state index >= 15 is 0 Å². The van der Waals surface area contributed by atoms with Gasteiger partial charge in [0, 0.05) is 26.7 Å². The van der Waals surface area contributed by atoms with Crippen LogP contribution in [0.2, 0.25) is 0 Å². The predicted octanol–water partition coefficient (Wildman–Crippen LogP) is 2.20. The van der Waals surface area contributed by atoms with Crippen LogP contribution in [0.3, 0.4) is 0 Å². The van der Waals surface area contributed by atoms with Gasteiger partial charge in [-0.2, -0.15) is 20.3 Å². The minimum Gasteiger partial charge on any atom is -0.383 e. The van der Waals surface area contributed by atoms with Crippen LogP contribution in [-0.4, -0.2) is 36.9 Å². The van der Waals surface area contributed by atoms with E-state index in [4.69, 9.17) is 5.73 Å². The largest absolute Gasteiger partial charge is 0.383 e. The Morgan fingerprint density at radius 3 is 2.70 bits per heavy atom. The molecule has 3 N–H and O–H groups in total. The lowest BCUT2D eigenvalue weighted by molar-refractivity contribution is 0.712. The number of nitrogens with zero attached hydrogens (tertiary/aromatic N) is 7. The standard InChI is InChI=1S/C18H23N9/c1-10-6-5-7-27(10)17-12(8-19)14-15(20)23-18(24-16(14)25(17)3)22-13-9-21-26(4)11(13)2/h9-10H,5-7H2,1-4H3,(H3,20,22,23,24)/t10-/m1/s1. The Labute approximate surface area is 157 Å². The van der Waals surface area contributed by atoms with Crippen LogP contribution in [0.4, 0.5) is 23.3 Å². The lowest BCUT2D eigenvalue weighted by Crippen LogP contribution is -2.28. The number of nitrogen functional groups attached to an aromatic ring is 1. The minimum atomic E-state index is 0.300. The molecule has 0 aromatic carbocycles. The van der Waals surface area contributed by atoms with Crippen molar-refractivity contribution in [3.8, 4) is 6.07 Å². The van der Waals surface area contributed by atoms with Crippen LogP contribution >= 0.6 is 0 Å². The second-order valence-electron chi connectivity index (χ2n) is 7.08. The highest BCUT2D eigenvalue weighted by Gasteiger charge is 2.29. The van der Waals surface area contributed by atoms with E-state index in [0.717, 1.165) is 36.6 Å². The van der Waals surface area contributed by atoms with E-state index in [9.17, 15) is 5.26 Å². The number of aromatic nitrogens is 5. The van der Waals surface area contributed by atoms with E-state index in [2.05, 4.69) is 38.3 Å². The third-order valence-electron chi connectivity index (χ3n) is 5.45. The van der Waals surface area contributed by atoms with E-state index in [1.165, 1.54) is 0 Å². The molecule has 1 aliphatic heterocycles. The first-order valence-electron chi connectivity index (χ1n) is 9.00. The Morgan fingerprint density at radius 1 is 1.33 bits per heavy atom. The van der Waals surface area contributed by atoms with Crippen molar-refractivity contribution in [1.82, 2.24) is 24.3 Å². The average molecular weight is 365 g/mol. The Kier molecular flexibility index (Phi) is 3.91. The summed E-state index contributed by atoms with van der Waals surface area (Å²) < 4.78 is 3.72. The number of aryl methyl sites for hydroxylation is 2. The number of nitriles is 1. The van der Waals surface area contributed by atoms with Gasteiger partial charge in [-0.05, 0) is 26.7 Å². The molecule has 0 spiro atoms. The number of nitrogens with one attached hydrogen (secondary N) is 1. The van der Waals surface area contributed by atoms with E-state index in [1.54, 1.807) is 10.9 Å². The molecule has 3 aromatic heterocycles. The molecule has 0 bridgehead atoms. The average Bonchev–Trinajstić information content (AvgIpc) is 3.27. The molecule has 0 amide bonds. The summed E-state index contributed by atoms with van der Waals surface area (Å²) in [7, 11) is 3.80. The summed E-state index contributed by atoms with van der Waals surface area (Å²) in [6.45, 7) is 5.06. The van der Waals surface area contributed by atoms with Crippen molar-refractivity contribution in [2.45, 2.75) is 32.7 Å². The number of fused-ring (bicyclic) bond motifs is 1. The van der Waals surface area contributed by atoms with Gasteiger partial charge in [-0.3, -0.25) is 4.68 Å². The molecule has 4 heterocycles. The molecule has 3 aromatic rings. The van der Waals surface area contributed by atoms with E-state index in [1.807, 2.05) is 25.6 Å². The van der Waals surface area contributed by atoms with Crippen LogP contribution in [0.15, 0.2) is 6.20 Å². The maximum Gasteiger partial charge on any atom is 0.231 e. The SMILES string of the molecule is Cc1c(Nc2nc(N)c3c(C#N)c(N4CCC[C@H]4C)n(C)c3n2)cnn1C. The maximum atomic E-state index is 9.82. The highest BCUT2D eigenvalue weighted by Crippen LogP contribution is 2.37. The first-order valence-corrected chi connectivity index (χ1v) is 9.00. The molecular weight excluding hydrogens is 342 g/mol. The highest BCUT2D eigenvalue weighted by molar-refractivity contribution is 5.98. The monoisotopic (exact) mass is 365 g/mol. The lowest BCUT2D eigenvalue weighted by Gasteiger charge is -2.24. The zero-order chi connectivity index (χ0) is 19.3. The van der Waals surface area contributed by atoms with Crippen molar-refractivity contribution < 1.29 is 0 Å². The highest BCUT2D eigenvalue weighted by atomic mass is 15.3. The Morgan fingerprint density at radius 2 is 2.11 bits per heavy atom. The van der Waals surface area contributed by atoms with Crippen LogP contribution in [0, 0.1) is 18.3 Å². The van der Waals surface area contributed by atoms with Crippen LogP contribution in [0.1, 0.15) is 31.0 Å². The molecule has 1 fully saturated rings. The lowest BCUT2D eigenvalue weighted by atomic mass is 10.2. The fourth-order valence-electron chi connectivity index (χ4n) is 3.82. The van der Waals surface area contributed by atoms with Crippen molar-refractivity contribution in [2.75, 3.05) is 22.5 Å². The molecule has 4 rings (SSSR count). The maximum absolute atomic E-state index is 9.82. The summed E-state index contributed by atoms with van der Waals surface area (Å²) in [4.78, 5) is 11.3. The van der Waals surface area contributed by atoms with E-state index in [-0.39, 0.29) is 0 Å². The van der Waals surface area contributed by atoms with Gasteiger partial charge >= 0.3 is 0 Å². The fourth-order valence-corrected chi connectivity index (χ4v) is 3.82. The summed E-state index contributed by atoms with van der Waals surface area (Å²) in [5.41, 5.74) is 9.23. The summed E-state index contributed by atoms with van der Waals surface area (Å²) in [5.74, 6) is 1.56. The van der Waals surface area contributed by atoms with Gasteiger partial charge < -0.3 is 20.5 Å². The zero-order valence-electron chi connectivity index (χ0n) is 16.0. The molecule has 27 heavy (non-hydrogen) atoms. The molecule has 9 nitrogen and oxygen atoms in total. The van der Waals surface area contributed by atoms with Gasteiger partial charge in [-0.15, -0.1) is 0 Å². The quantitative estimate of drug-likeness (QED) is 0.731. The van der Waals surface area contributed by atoms with Crippen molar-refractivity contribution in [2.24, 2.45) is 14.1 Å². The van der Waals surface area contributed by atoms with Crippen LogP contribution < -0.4 is 16.0 Å². The normalized spacial score (nSPS) is 16.9. The molecule has 1 saturated heterocycles. The van der Waals surface area contributed by atoms with Crippen molar-refractivity contribution >= 4 is 34.3 Å². The second kappa shape index (κ2) is 6.16. The molecule has 1 atom stereocenters. The number of hydrogen-bond donors (Lipinski definition) is 2. The van der Waals surface area contributed by atoms with Crippen molar-refractivity contribution in [1.29, 1.82) is 5.26 Å². The molecule has 140 valence electrons.